The molecular weight excluding hydrogens is 238 g/mol. The van der Waals surface area contributed by atoms with Crippen LogP contribution in [-0.2, 0) is 6.42 Å². The molecule has 0 unspecified atom stereocenters. The minimum absolute atomic E-state index is 0.513. The molecule has 0 radical (unpaired) electrons. The molecule has 0 aliphatic carbocycles. The first-order valence-corrected chi connectivity index (χ1v) is 5.93. The monoisotopic (exact) mass is 251 g/mol. The average molecular weight is 252 g/mol. The first kappa shape index (κ1) is 11.9. The highest BCUT2D eigenvalue weighted by atomic mass is 35.5. The molecule has 0 saturated heterocycles. The molecule has 2 heterocycles. The molecular formula is C11H14ClN5. The largest absolute Gasteiger partial charge is 0.354 e. The van der Waals surface area contributed by atoms with Gasteiger partial charge in [0.1, 0.15) is 10.8 Å². The maximum absolute atomic E-state index is 6.12. The highest BCUT2D eigenvalue weighted by Gasteiger charge is 2.10. The van der Waals surface area contributed by atoms with E-state index in [9.17, 15) is 0 Å². The van der Waals surface area contributed by atoms with Gasteiger partial charge in [0.25, 0.3) is 0 Å². The summed E-state index contributed by atoms with van der Waals surface area (Å²) in [5.74, 6) is 2.16. The zero-order valence-electron chi connectivity index (χ0n) is 9.81. The Morgan fingerprint density at radius 2 is 2.18 bits per heavy atom. The van der Waals surface area contributed by atoms with Crippen molar-refractivity contribution in [2.24, 2.45) is 0 Å². The van der Waals surface area contributed by atoms with Crippen LogP contribution in [0.1, 0.15) is 19.7 Å². The normalized spacial score (nSPS) is 10.5. The fourth-order valence-corrected chi connectivity index (χ4v) is 1.74. The van der Waals surface area contributed by atoms with Crippen LogP contribution in [0.3, 0.4) is 0 Å². The van der Waals surface area contributed by atoms with Gasteiger partial charge < -0.3 is 5.32 Å². The van der Waals surface area contributed by atoms with Crippen LogP contribution in [0.15, 0.2) is 18.6 Å². The van der Waals surface area contributed by atoms with Gasteiger partial charge in [-0.1, -0.05) is 18.5 Å². The number of anilines is 1. The molecule has 6 heteroatoms. The molecule has 0 fully saturated rings. The number of rotatable bonds is 4. The minimum atomic E-state index is 0.513. The van der Waals surface area contributed by atoms with Crippen LogP contribution < -0.4 is 5.32 Å². The van der Waals surface area contributed by atoms with Gasteiger partial charge in [-0.2, -0.15) is 4.98 Å². The van der Waals surface area contributed by atoms with E-state index in [1.54, 1.807) is 12.4 Å². The maximum atomic E-state index is 6.12. The summed E-state index contributed by atoms with van der Waals surface area (Å²) in [6, 6.07) is 0. The Kier molecular flexibility index (Phi) is 3.58. The van der Waals surface area contributed by atoms with Gasteiger partial charge in [0.2, 0.25) is 5.95 Å². The van der Waals surface area contributed by atoms with Crippen LogP contribution in [-0.4, -0.2) is 26.1 Å². The highest BCUT2D eigenvalue weighted by Crippen LogP contribution is 2.20. The quantitative estimate of drug-likeness (QED) is 0.906. The van der Waals surface area contributed by atoms with Crippen molar-refractivity contribution in [2.75, 3.05) is 11.9 Å². The average Bonchev–Trinajstić information content (AvgIpc) is 2.80. The molecule has 0 aromatic carbocycles. The molecule has 90 valence electrons. The lowest BCUT2D eigenvalue weighted by atomic mass is 10.4. The van der Waals surface area contributed by atoms with Gasteiger partial charge in [-0.3, -0.25) is 4.57 Å². The van der Waals surface area contributed by atoms with Crippen molar-refractivity contribution < 1.29 is 0 Å². The van der Waals surface area contributed by atoms with Crippen LogP contribution in [0, 0.1) is 0 Å². The third-order valence-corrected chi connectivity index (χ3v) is 2.59. The summed E-state index contributed by atoms with van der Waals surface area (Å²) in [5, 5.41) is 3.57. The predicted molar refractivity (Wildman–Crippen MR) is 67.7 cm³/mol. The summed E-state index contributed by atoms with van der Waals surface area (Å²) in [6.07, 6.45) is 6.01. The molecule has 0 aliphatic heterocycles. The summed E-state index contributed by atoms with van der Waals surface area (Å²) in [5.41, 5.74) is 0. The number of nitrogens with one attached hydrogen (secondary N) is 1. The molecule has 2 aromatic rings. The molecule has 17 heavy (non-hydrogen) atoms. The van der Waals surface area contributed by atoms with Crippen molar-refractivity contribution in [3.05, 3.63) is 29.4 Å². The van der Waals surface area contributed by atoms with Gasteiger partial charge in [-0.15, -0.1) is 0 Å². The minimum Gasteiger partial charge on any atom is -0.354 e. The van der Waals surface area contributed by atoms with Crippen LogP contribution >= 0.6 is 11.6 Å². The summed E-state index contributed by atoms with van der Waals surface area (Å²) in [4.78, 5) is 12.7. The van der Waals surface area contributed by atoms with Crippen molar-refractivity contribution in [3.63, 3.8) is 0 Å². The predicted octanol–water partition coefficient (Wildman–Crippen LogP) is 2.31. The number of halogens is 1. The lowest BCUT2D eigenvalue weighted by Gasteiger charge is -2.09. The first-order chi connectivity index (χ1) is 8.26. The highest BCUT2D eigenvalue weighted by molar-refractivity contribution is 6.32. The lowest BCUT2D eigenvalue weighted by molar-refractivity contribution is 0.861. The van der Waals surface area contributed by atoms with Crippen molar-refractivity contribution in [3.8, 4) is 5.82 Å². The smallest absolute Gasteiger partial charge is 0.224 e. The number of hydrogen-bond acceptors (Lipinski definition) is 4. The van der Waals surface area contributed by atoms with E-state index in [2.05, 4.69) is 20.3 Å². The third kappa shape index (κ3) is 2.39. The number of aryl methyl sites for hydroxylation is 1. The molecule has 1 N–H and O–H groups in total. The summed E-state index contributed by atoms with van der Waals surface area (Å²) >= 11 is 6.12. The van der Waals surface area contributed by atoms with E-state index in [1.165, 1.54) is 0 Å². The fourth-order valence-electron chi connectivity index (χ4n) is 1.56. The van der Waals surface area contributed by atoms with Crippen LogP contribution in [0.5, 0.6) is 0 Å². The third-order valence-electron chi connectivity index (χ3n) is 2.32. The van der Waals surface area contributed by atoms with E-state index < -0.39 is 0 Å². The molecule has 2 rings (SSSR count). The molecule has 0 bridgehead atoms. The van der Waals surface area contributed by atoms with Crippen molar-refractivity contribution in [2.45, 2.75) is 20.3 Å². The molecule has 0 saturated carbocycles. The maximum Gasteiger partial charge on any atom is 0.224 e. The molecule has 0 atom stereocenters. The first-order valence-electron chi connectivity index (χ1n) is 5.55. The lowest BCUT2D eigenvalue weighted by Crippen LogP contribution is -2.07. The Morgan fingerprint density at radius 1 is 1.35 bits per heavy atom. The van der Waals surface area contributed by atoms with E-state index in [0.717, 1.165) is 18.8 Å². The van der Waals surface area contributed by atoms with E-state index in [4.69, 9.17) is 11.6 Å². The Labute approximate surface area is 105 Å². The molecule has 0 spiro atoms. The zero-order chi connectivity index (χ0) is 12.3. The number of aromatic nitrogens is 4. The van der Waals surface area contributed by atoms with Crippen LogP contribution in [0.2, 0.25) is 5.02 Å². The topological polar surface area (TPSA) is 55.6 Å². The fraction of sp³-hybridized carbons (Fsp3) is 0.364. The van der Waals surface area contributed by atoms with Crippen LogP contribution in [0.25, 0.3) is 5.82 Å². The Bertz CT molecular complexity index is 508. The second kappa shape index (κ2) is 5.14. The summed E-state index contributed by atoms with van der Waals surface area (Å²) in [7, 11) is 0. The standard InChI is InChI=1S/C11H14ClN5/c1-3-9-14-5-6-17(9)10-8(12)7-15-11(16-10)13-4-2/h5-7H,3-4H2,1-2H3,(H,13,15,16). The SMILES string of the molecule is CCNc1ncc(Cl)c(-n2ccnc2CC)n1. The van der Waals surface area contributed by atoms with E-state index in [0.29, 0.717) is 16.8 Å². The Hall–Kier alpha value is -1.62. The van der Waals surface area contributed by atoms with E-state index in [1.807, 2.05) is 24.6 Å². The summed E-state index contributed by atoms with van der Waals surface area (Å²) < 4.78 is 1.88. The Balaban J connectivity index is 2.46. The van der Waals surface area contributed by atoms with E-state index >= 15 is 0 Å². The van der Waals surface area contributed by atoms with Crippen molar-refractivity contribution >= 4 is 17.5 Å². The number of imidazole rings is 1. The van der Waals surface area contributed by atoms with Crippen molar-refractivity contribution in [1.29, 1.82) is 0 Å². The molecule has 0 aliphatic rings. The van der Waals surface area contributed by atoms with Gasteiger partial charge in [0.05, 0.1) is 6.20 Å². The van der Waals surface area contributed by atoms with Gasteiger partial charge in [0, 0.05) is 25.4 Å². The zero-order valence-corrected chi connectivity index (χ0v) is 10.6. The second-order valence-corrected chi connectivity index (χ2v) is 3.87. The van der Waals surface area contributed by atoms with Gasteiger partial charge in [0.15, 0.2) is 5.82 Å². The molecule has 5 nitrogen and oxygen atoms in total. The van der Waals surface area contributed by atoms with Gasteiger partial charge in [-0.05, 0) is 6.92 Å². The number of nitrogens with zero attached hydrogens (tertiary/aromatic N) is 4. The van der Waals surface area contributed by atoms with Crippen LogP contribution in [0.4, 0.5) is 5.95 Å². The van der Waals surface area contributed by atoms with Gasteiger partial charge in [-0.25, -0.2) is 9.97 Å². The van der Waals surface area contributed by atoms with Gasteiger partial charge >= 0.3 is 0 Å². The van der Waals surface area contributed by atoms with E-state index in [-0.39, 0.29) is 0 Å². The molecule has 0 amide bonds. The number of hydrogen-bond donors (Lipinski definition) is 1. The summed E-state index contributed by atoms with van der Waals surface area (Å²) in [6.45, 7) is 4.80. The Morgan fingerprint density at radius 3 is 2.88 bits per heavy atom. The second-order valence-electron chi connectivity index (χ2n) is 3.46. The molecule has 2 aromatic heterocycles. The van der Waals surface area contributed by atoms with Crippen molar-refractivity contribution in [1.82, 2.24) is 19.5 Å².